The number of halogens is 1. The van der Waals surface area contributed by atoms with Crippen molar-refractivity contribution >= 4 is 39.8 Å². The van der Waals surface area contributed by atoms with Gasteiger partial charge in [-0.15, -0.1) is 24.0 Å². The predicted molar refractivity (Wildman–Crippen MR) is 120 cm³/mol. The molecular formula is C18H32IN3O3S. The van der Waals surface area contributed by atoms with Gasteiger partial charge in [0.15, 0.2) is 15.8 Å². The van der Waals surface area contributed by atoms with E-state index in [0.29, 0.717) is 25.7 Å². The van der Waals surface area contributed by atoms with Crippen LogP contribution in [0.1, 0.15) is 26.3 Å². The number of aliphatic imine (C=N–C) groups is 1. The van der Waals surface area contributed by atoms with E-state index >= 15 is 0 Å². The summed E-state index contributed by atoms with van der Waals surface area (Å²) >= 11 is 0. The minimum absolute atomic E-state index is 0. The van der Waals surface area contributed by atoms with Gasteiger partial charge in [-0.2, -0.15) is 0 Å². The van der Waals surface area contributed by atoms with E-state index in [0.717, 1.165) is 11.3 Å². The van der Waals surface area contributed by atoms with Gasteiger partial charge in [0.25, 0.3) is 0 Å². The maximum Gasteiger partial charge on any atom is 0.193 e. The summed E-state index contributed by atoms with van der Waals surface area (Å²) in [5, 5.41) is 3.10. The lowest BCUT2D eigenvalue weighted by Gasteiger charge is -2.23. The number of para-hydroxylation sites is 1. The zero-order valence-electron chi connectivity index (χ0n) is 16.6. The highest BCUT2D eigenvalue weighted by Gasteiger charge is 2.28. The first-order valence-corrected chi connectivity index (χ1v) is 10.1. The van der Waals surface area contributed by atoms with Crippen molar-refractivity contribution in [1.29, 1.82) is 0 Å². The number of likely N-dealkylation sites (N-methyl/N-ethyl adjacent to an activating group) is 1. The van der Waals surface area contributed by atoms with Crippen molar-refractivity contribution in [3.8, 4) is 5.75 Å². The summed E-state index contributed by atoms with van der Waals surface area (Å²) in [5.41, 5.74) is 1.10. The molecule has 1 N–H and O–H groups in total. The van der Waals surface area contributed by atoms with E-state index in [-0.39, 0.29) is 29.7 Å². The fraction of sp³-hybridized carbons (Fsp3) is 0.611. The Labute approximate surface area is 175 Å². The summed E-state index contributed by atoms with van der Waals surface area (Å²) in [6, 6.07) is 7.88. The van der Waals surface area contributed by atoms with Gasteiger partial charge in [-0.3, -0.25) is 4.99 Å². The minimum Gasteiger partial charge on any atom is -0.491 e. The van der Waals surface area contributed by atoms with Crippen molar-refractivity contribution < 1.29 is 13.2 Å². The Balaban J connectivity index is 0.00000625. The zero-order chi connectivity index (χ0) is 19.1. The summed E-state index contributed by atoms with van der Waals surface area (Å²) in [5.74, 6) is 1.59. The molecule has 0 fully saturated rings. The van der Waals surface area contributed by atoms with Crippen LogP contribution in [0.25, 0.3) is 0 Å². The van der Waals surface area contributed by atoms with Crippen LogP contribution in [0.2, 0.25) is 0 Å². The Bertz CT molecular complexity index is 685. The number of nitrogens with zero attached hydrogens (tertiary/aromatic N) is 2. The molecule has 1 rings (SSSR count). The molecule has 0 aromatic heterocycles. The Morgan fingerprint density at radius 3 is 2.42 bits per heavy atom. The maximum absolute atomic E-state index is 12.1. The maximum atomic E-state index is 12.1. The van der Waals surface area contributed by atoms with Gasteiger partial charge in [0.2, 0.25) is 0 Å². The van der Waals surface area contributed by atoms with Crippen molar-refractivity contribution in [3.63, 3.8) is 0 Å². The molecule has 0 unspecified atom stereocenters. The lowest BCUT2D eigenvalue weighted by Crippen LogP contribution is -2.43. The summed E-state index contributed by atoms with van der Waals surface area (Å²) in [6.07, 6.45) is 0. The average Bonchev–Trinajstić information content (AvgIpc) is 2.52. The van der Waals surface area contributed by atoms with Crippen LogP contribution in [-0.4, -0.2) is 63.6 Å². The molecule has 0 aliphatic carbocycles. The number of aryl methyl sites for hydroxylation is 1. The molecule has 0 spiro atoms. The second-order valence-electron chi connectivity index (χ2n) is 6.94. The molecule has 6 nitrogen and oxygen atoms in total. The lowest BCUT2D eigenvalue weighted by molar-refractivity contribution is 0.280. The molecule has 0 heterocycles. The van der Waals surface area contributed by atoms with Gasteiger partial charge in [0.1, 0.15) is 12.4 Å². The van der Waals surface area contributed by atoms with E-state index < -0.39 is 14.6 Å². The number of nitrogens with one attached hydrogen (secondary N) is 1. The molecule has 0 amide bonds. The van der Waals surface area contributed by atoms with Gasteiger partial charge in [-0.05, 0) is 39.3 Å². The smallest absolute Gasteiger partial charge is 0.193 e. The van der Waals surface area contributed by atoms with Gasteiger partial charge < -0.3 is 15.0 Å². The van der Waals surface area contributed by atoms with Crippen molar-refractivity contribution in [3.05, 3.63) is 29.8 Å². The van der Waals surface area contributed by atoms with Crippen LogP contribution in [0.15, 0.2) is 29.3 Å². The van der Waals surface area contributed by atoms with E-state index in [1.807, 2.05) is 43.1 Å². The number of sulfone groups is 1. The molecule has 26 heavy (non-hydrogen) atoms. The number of benzene rings is 1. The summed E-state index contributed by atoms with van der Waals surface area (Å²) in [4.78, 5) is 6.11. The SMILES string of the molecule is CN=C(NCCS(=O)(=O)C(C)(C)C)N(C)CCOc1ccccc1C.I. The Kier molecular flexibility index (Phi) is 10.5. The first-order valence-electron chi connectivity index (χ1n) is 8.41. The molecule has 8 heteroatoms. The topological polar surface area (TPSA) is 71.0 Å². The largest absolute Gasteiger partial charge is 0.491 e. The highest BCUT2D eigenvalue weighted by molar-refractivity contribution is 14.0. The summed E-state index contributed by atoms with van der Waals surface area (Å²) in [6.45, 7) is 8.64. The quantitative estimate of drug-likeness (QED) is 0.357. The van der Waals surface area contributed by atoms with Crippen LogP contribution >= 0.6 is 24.0 Å². The highest BCUT2D eigenvalue weighted by Crippen LogP contribution is 2.16. The van der Waals surface area contributed by atoms with Crippen LogP contribution in [0.5, 0.6) is 5.75 Å². The van der Waals surface area contributed by atoms with Crippen LogP contribution < -0.4 is 10.1 Å². The normalized spacial score (nSPS) is 12.3. The minimum atomic E-state index is -3.15. The summed E-state index contributed by atoms with van der Waals surface area (Å²) in [7, 11) is 0.432. The van der Waals surface area contributed by atoms with Crippen LogP contribution in [0.4, 0.5) is 0 Å². The zero-order valence-corrected chi connectivity index (χ0v) is 19.7. The van der Waals surface area contributed by atoms with Gasteiger partial charge in [-0.1, -0.05) is 18.2 Å². The standard InChI is InChI=1S/C18H31N3O3S.HI/c1-15-9-7-8-10-16(15)24-13-12-21(6)17(19-5)20-11-14-25(22,23)18(2,3)4;/h7-10H,11-14H2,1-6H3,(H,19,20);1H. The van der Waals surface area contributed by atoms with Crippen LogP contribution in [0, 0.1) is 6.92 Å². The van der Waals surface area contributed by atoms with Crippen molar-refractivity contribution in [2.45, 2.75) is 32.4 Å². The van der Waals surface area contributed by atoms with Gasteiger partial charge >= 0.3 is 0 Å². The average molecular weight is 497 g/mol. The fourth-order valence-electron chi connectivity index (χ4n) is 2.10. The molecule has 1 aromatic carbocycles. The van der Waals surface area contributed by atoms with E-state index in [1.54, 1.807) is 27.8 Å². The molecule has 0 bridgehead atoms. The molecule has 1 aromatic rings. The van der Waals surface area contributed by atoms with E-state index in [1.165, 1.54) is 0 Å². The summed E-state index contributed by atoms with van der Waals surface area (Å²) < 4.78 is 29.3. The third-order valence-corrected chi connectivity index (χ3v) is 6.55. The van der Waals surface area contributed by atoms with E-state index in [4.69, 9.17) is 4.74 Å². The van der Waals surface area contributed by atoms with Crippen molar-refractivity contribution in [2.75, 3.05) is 39.5 Å². The van der Waals surface area contributed by atoms with Gasteiger partial charge in [0.05, 0.1) is 17.0 Å². The number of guanidine groups is 1. The highest BCUT2D eigenvalue weighted by atomic mass is 127. The van der Waals surface area contributed by atoms with Gasteiger partial charge in [-0.25, -0.2) is 8.42 Å². The molecule has 0 aliphatic heterocycles. The molecule has 0 radical (unpaired) electrons. The third-order valence-electron chi connectivity index (χ3n) is 3.94. The molecule has 0 saturated carbocycles. The Hall–Kier alpha value is -1.03. The van der Waals surface area contributed by atoms with Crippen molar-refractivity contribution in [2.24, 2.45) is 4.99 Å². The molecule has 0 atom stereocenters. The second-order valence-corrected chi connectivity index (χ2v) is 9.80. The lowest BCUT2D eigenvalue weighted by atomic mass is 10.2. The van der Waals surface area contributed by atoms with Crippen LogP contribution in [0.3, 0.4) is 0 Å². The monoisotopic (exact) mass is 497 g/mol. The number of rotatable bonds is 7. The third kappa shape index (κ3) is 7.69. The molecule has 0 saturated heterocycles. The van der Waals surface area contributed by atoms with Crippen LogP contribution in [-0.2, 0) is 9.84 Å². The predicted octanol–water partition coefficient (Wildman–Crippen LogP) is 2.71. The first-order chi connectivity index (χ1) is 11.6. The Morgan fingerprint density at radius 1 is 1.27 bits per heavy atom. The number of hydrogen-bond acceptors (Lipinski definition) is 4. The first kappa shape index (κ1) is 25.0. The van der Waals surface area contributed by atoms with E-state index in [2.05, 4.69) is 10.3 Å². The fourth-order valence-corrected chi connectivity index (χ4v) is 3.09. The van der Waals surface area contributed by atoms with Crippen molar-refractivity contribution in [1.82, 2.24) is 10.2 Å². The van der Waals surface area contributed by atoms with Gasteiger partial charge in [0, 0.05) is 20.6 Å². The molecule has 0 aliphatic rings. The molecular weight excluding hydrogens is 465 g/mol. The van der Waals surface area contributed by atoms with E-state index in [9.17, 15) is 8.42 Å². The Morgan fingerprint density at radius 2 is 1.88 bits per heavy atom. The molecule has 150 valence electrons. The second kappa shape index (κ2) is 11.0. The number of hydrogen-bond donors (Lipinski definition) is 1. The number of ether oxygens (including phenoxy) is 1.